The molecule has 0 bridgehead atoms. The van der Waals surface area contributed by atoms with Gasteiger partial charge in [0.1, 0.15) is 6.61 Å². The molecule has 0 amide bonds. The van der Waals surface area contributed by atoms with Gasteiger partial charge >= 0.3 is 5.97 Å². The molecule has 70 valence electrons. The van der Waals surface area contributed by atoms with Gasteiger partial charge in [0.05, 0.1) is 12.5 Å². The van der Waals surface area contributed by atoms with Crippen LogP contribution in [-0.4, -0.2) is 12.6 Å². The van der Waals surface area contributed by atoms with E-state index in [1.165, 1.54) is 6.19 Å². The topological polar surface area (TPSA) is 99.9 Å². The van der Waals surface area contributed by atoms with Crippen LogP contribution in [0.5, 0.6) is 0 Å². The Labute approximate surface area is 77.0 Å². The van der Waals surface area contributed by atoms with Crippen LogP contribution < -0.4 is 5.73 Å². The van der Waals surface area contributed by atoms with Gasteiger partial charge in [0.15, 0.2) is 6.19 Å². The molecule has 0 rings (SSSR count). The molecule has 0 atom stereocenters. The number of ether oxygens (including phenoxy) is 1. The molecular weight excluding hydrogens is 170 g/mol. The molecule has 0 spiro atoms. The van der Waals surface area contributed by atoms with E-state index in [0.29, 0.717) is 5.57 Å². The summed E-state index contributed by atoms with van der Waals surface area (Å²) in [6.07, 6.45) is 1.49. The van der Waals surface area contributed by atoms with E-state index in [0.717, 1.165) is 0 Å². The first-order chi connectivity index (χ1) is 6.09. The third-order valence-corrected chi connectivity index (χ3v) is 0.795. The summed E-state index contributed by atoms with van der Waals surface area (Å²) in [5.74, 6) is -0.435. The molecule has 5 nitrogen and oxygen atoms in total. The van der Waals surface area contributed by atoms with E-state index in [4.69, 9.17) is 10.5 Å². The zero-order valence-corrected chi connectivity index (χ0v) is 7.41. The number of hydrogen-bond donors (Lipinski definition) is 1. The lowest BCUT2D eigenvalue weighted by molar-refractivity contribution is -0.138. The highest BCUT2D eigenvalue weighted by Gasteiger charge is 2.00. The molecule has 0 aliphatic carbocycles. The lowest BCUT2D eigenvalue weighted by atomic mass is 10.4. The van der Waals surface area contributed by atoms with Crippen molar-refractivity contribution in [1.29, 1.82) is 10.5 Å². The van der Waals surface area contributed by atoms with Crippen molar-refractivity contribution in [1.82, 2.24) is 0 Å². The third kappa shape index (κ3) is 13.1. The zero-order valence-electron chi connectivity index (χ0n) is 7.41. The largest absolute Gasteiger partial charge is 0.461 e. The van der Waals surface area contributed by atoms with Gasteiger partial charge in [-0.15, -0.1) is 0 Å². The molecule has 0 saturated carbocycles. The molecule has 0 aromatic carbocycles. The minimum absolute atomic E-state index is 0.155. The van der Waals surface area contributed by atoms with Crippen LogP contribution in [0.25, 0.3) is 0 Å². The normalized spacial score (nSPS) is 6.69. The van der Waals surface area contributed by atoms with Crippen molar-refractivity contribution in [3.8, 4) is 12.3 Å². The molecule has 0 aromatic heterocycles. The number of esters is 1. The van der Waals surface area contributed by atoms with Crippen LogP contribution in [0.1, 0.15) is 13.3 Å². The molecular formula is C8H11N3O2. The van der Waals surface area contributed by atoms with Gasteiger partial charge in [0, 0.05) is 5.57 Å². The minimum Gasteiger partial charge on any atom is -0.461 e. The predicted molar refractivity (Wildman–Crippen MR) is 45.8 cm³/mol. The van der Waals surface area contributed by atoms with E-state index in [9.17, 15) is 4.79 Å². The maximum absolute atomic E-state index is 10.6. The molecule has 0 heterocycles. The second kappa shape index (κ2) is 9.99. The summed E-state index contributed by atoms with van der Waals surface area (Å²) in [5, 5.41) is 15.2. The molecule has 5 heteroatoms. The van der Waals surface area contributed by atoms with Gasteiger partial charge in [-0.3, -0.25) is 0 Å². The van der Waals surface area contributed by atoms with Crippen molar-refractivity contribution in [3.63, 3.8) is 0 Å². The maximum atomic E-state index is 10.6. The number of nitrogens with zero attached hydrogens (tertiary/aromatic N) is 2. The second-order valence-electron chi connectivity index (χ2n) is 1.95. The standard InChI is InChI=1S/C7H9NO2.CH2N2/c1-6(2)7(9)10-5-3-4-8;2-1-3/h1,3,5H2,2H3;2H2. The lowest BCUT2D eigenvalue weighted by Gasteiger charge is -1.98. The van der Waals surface area contributed by atoms with E-state index >= 15 is 0 Å². The molecule has 0 saturated heterocycles. The lowest BCUT2D eigenvalue weighted by Crippen LogP contribution is -2.05. The molecule has 0 fully saturated rings. The van der Waals surface area contributed by atoms with E-state index in [1.54, 1.807) is 6.92 Å². The Bertz CT molecular complexity index is 247. The summed E-state index contributed by atoms with van der Waals surface area (Å²) in [5.41, 5.74) is 4.51. The first-order valence-corrected chi connectivity index (χ1v) is 3.39. The van der Waals surface area contributed by atoms with E-state index < -0.39 is 5.97 Å². The van der Waals surface area contributed by atoms with Crippen molar-refractivity contribution >= 4 is 5.97 Å². The average molecular weight is 181 g/mol. The van der Waals surface area contributed by atoms with Crippen LogP contribution in [-0.2, 0) is 9.53 Å². The van der Waals surface area contributed by atoms with E-state index in [2.05, 4.69) is 17.0 Å². The Hall–Kier alpha value is -2.01. The van der Waals surface area contributed by atoms with Crippen molar-refractivity contribution in [2.24, 2.45) is 5.73 Å². The average Bonchev–Trinajstić information content (AvgIpc) is 2.06. The third-order valence-electron chi connectivity index (χ3n) is 0.795. The summed E-state index contributed by atoms with van der Waals surface area (Å²) in [6, 6.07) is 1.86. The quantitative estimate of drug-likeness (QED) is 0.224. The number of nitriles is 2. The highest BCUT2D eigenvalue weighted by Crippen LogP contribution is 1.91. The van der Waals surface area contributed by atoms with E-state index in [1.807, 2.05) is 6.07 Å². The maximum Gasteiger partial charge on any atom is 0.333 e. The Morgan fingerprint density at radius 1 is 1.62 bits per heavy atom. The SMILES string of the molecule is C=C(C)C(=O)OCCC#N.N#CN. The van der Waals surface area contributed by atoms with Crippen LogP contribution in [0.4, 0.5) is 0 Å². The summed E-state index contributed by atoms with van der Waals surface area (Å²) < 4.78 is 4.58. The fraction of sp³-hybridized carbons (Fsp3) is 0.375. The molecule has 0 radical (unpaired) electrons. The second-order valence-corrected chi connectivity index (χ2v) is 1.95. The van der Waals surface area contributed by atoms with Gasteiger partial charge in [-0.2, -0.15) is 10.5 Å². The van der Waals surface area contributed by atoms with Gasteiger partial charge in [-0.1, -0.05) is 6.58 Å². The number of carbonyl (C=O) groups is 1. The van der Waals surface area contributed by atoms with Crippen LogP contribution in [0.2, 0.25) is 0 Å². The highest BCUT2D eigenvalue weighted by molar-refractivity contribution is 5.86. The van der Waals surface area contributed by atoms with Gasteiger partial charge in [0.2, 0.25) is 0 Å². The number of carbonyl (C=O) groups excluding carboxylic acids is 1. The fourth-order valence-corrected chi connectivity index (χ4v) is 0.313. The Morgan fingerprint density at radius 3 is 2.38 bits per heavy atom. The van der Waals surface area contributed by atoms with E-state index in [-0.39, 0.29) is 13.0 Å². The molecule has 0 unspecified atom stereocenters. The van der Waals surface area contributed by atoms with Crippen molar-refractivity contribution in [3.05, 3.63) is 12.2 Å². The van der Waals surface area contributed by atoms with Crippen LogP contribution in [0.3, 0.4) is 0 Å². The number of rotatable bonds is 3. The Morgan fingerprint density at radius 2 is 2.08 bits per heavy atom. The summed E-state index contributed by atoms with van der Waals surface area (Å²) in [4.78, 5) is 10.6. The first-order valence-electron chi connectivity index (χ1n) is 3.39. The Kier molecular flexibility index (Phi) is 10.4. The van der Waals surface area contributed by atoms with Crippen LogP contribution in [0.15, 0.2) is 12.2 Å². The molecule has 0 aliphatic heterocycles. The van der Waals surface area contributed by atoms with Crippen LogP contribution in [0, 0.1) is 22.8 Å². The fourth-order valence-electron chi connectivity index (χ4n) is 0.313. The van der Waals surface area contributed by atoms with Crippen LogP contribution >= 0.6 is 0 Å². The summed E-state index contributed by atoms with van der Waals surface area (Å²) >= 11 is 0. The smallest absolute Gasteiger partial charge is 0.333 e. The summed E-state index contributed by atoms with van der Waals surface area (Å²) in [6.45, 7) is 5.10. The molecule has 13 heavy (non-hydrogen) atoms. The van der Waals surface area contributed by atoms with Crippen molar-refractivity contribution in [2.75, 3.05) is 6.61 Å². The monoisotopic (exact) mass is 181 g/mol. The van der Waals surface area contributed by atoms with Crippen molar-refractivity contribution in [2.45, 2.75) is 13.3 Å². The molecule has 0 aliphatic rings. The minimum atomic E-state index is -0.435. The molecule has 0 aromatic rings. The zero-order chi connectivity index (χ0) is 10.7. The van der Waals surface area contributed by atoms with Gasteiger partial charge in [-0.05, 0) is 6.92 Å². The van der Waals surface area contributed by atoms with Crippen molar-refractivity contribution < 1.29 is 9.53 Å². The van der Waals surface area contributed by atoms with Gasteiger partial charge in [-0.25, -0.2) is 4.79 Å². The Balaban J connectivity index is 0. The predicted octanol–water partition coefficient (Wildman–Crippen LogP) is 0.446. The van der Waals surface area contributed by atoms with Gasteiger partial charge < -0.3 is 10.5 Å². The van der Waals surface area contributed by atoms with Gasteiger partial charge in [0.25, 0.3) is 0 Å². The number of nitrogens with two attached hydrogens (primary N) is 1. The first kappa shape index (κ1) is 13.6. The molecule has 2 N–H and O–H groups in total. The summed E-state index contributed by atoms with van der Waals surface area (Å²) in [7, 11) is 0. The highest BCUT2D eigenvalue weighted by atomic mass is 16.5. The number of hydrogen-bond acceptors (Lipinski definition) is 5.